The number of alkyl halides is 2. The Morgan fingerprint density at radius 2 is 2.25 bits per heavy atom. The molecule has 0 aliphatic carbocycles. The molecule has 0 saturated heterocycles. The molecule has 1 rings (SSSR count). The smallest absolute Gasteiger partial charge is 0.310 e. The fraction of sp³-hybridized carbons (Fsp3) is 0.333. The van der Waals surface area contributed by atoms with E-state index >= 15 is 0 Å². The van der Waals surface area contributed by atoms with Gasteiger partial charge in [-0.2, -0.15) is 0 Å². The van der Waals surface area contributed by atoms with Gasteiger partial charge >= 0.3 is 5.97 Å². The van der Waals surface area contributed by atoms with Crippen LogP contribution in [0.15, 0.2) is 10.9 Å². The van der Waals surface area contributed by atoms with Crippen molar-refractivity contribution in [2.75, 3.05) is 7.11 Å². The van der Waals surface area contributed by atoms with Crippen LogP contribution in [0.4, 0.5) is 8.78 Å². The molecular formula is C9H8ClF2NO3. The fourth-order valence-electron chi connectivity index (χ4n) is 1.17. The van der Waals surface area contributed by atoms with Gasteiger partial charge < -0.3 is 9.72 Å². The van der Waals surface area contributed by atoms with Gasteiger partial charge in [0.15, 0.2) is 0 Å². The Balaban J connectivity index is 3.24. The van der Waals surface area contributed by atoms with Gasteiger partial charge in [0.2, 0.25) is 0 Å². The van der Waals surface area contributed by atoms with Crippen molar-refractivity contribution < 1.29 is 18.3 Å². The average Bonchev–Trinajstić information content (AvgIpc) is 2.20. The largest absolute Gasteiger partial charge is 0.469 e. The first-order valence-electron chi connectivity index (χ1n) is 4.22. The summed E-state index contributed by atoms with van der Waals surface area (Å²) < 4.78 is 29.5. The van der Waals surface area contributed by atoms with E-state index in [4.69, 9.17) is 11.6 Å². The Hall–Kier alpha value is -1.43. The van der Waals surface area contributed by atoms with Crippen molar-refractivity contribution in [3.8, 4) is 0 Å². The number of hydrogen-bond donors (Lipinski definition) is 1. The summed E-state index contributed by atoms with van der Waals surface area (Å²) in [5, 5.41) is -0.200. The molecule has 0 spiro atoms. The number of carbonyl (C=O) groups is 1. The number of pyridine rings is 1. The molecule has 0 saturated carbocycles. The number of aromatic amines is 1. The summed E-state index contributed by atoms with van der Waals surface area (Å²) in [6.07, 6.45) is -3.39. The van der Waals surface area contributed by atoms with Crippen LogP contribution in [0.2, 0.25) is 5.15 Å². The first kappa shape index (κ1) is 12.6. The van der Waals surface area contributed by atoms with Gasteiger partial charge in [0.25, 0.3) is 12.0 Å². The molecule has 1 aromatic rings. The van der Waals surface area contributed by atoms with Crippen molar-refractivity contribution in [3.63, 3.8) is 0 Å². The van der Waals surface area contributed by atoms with E-state index in [-0.39, 0.29) is 10.7 Å². The second-order valence-corrected chi connectivity index (χ2v) is 3.34. The van der Waals surface area contributed by atoms with Gasteiger partial charge in [0, 0.05) is 11.1 Å². The molecule has 0 bridgehead atoms. The quantitative estimate of drug-likeness (QED) is 0.657. The van der Waals surface area contributed by atoms with E-state index in [1.54, 1.807) is 0 Å². The van der Waals surface area contributed by atoms with Crippen molar-refractivity contribution in [1.82, 2.24) is 4.98 Å². The number of rotatable bonds is 3. The van der Waals surface area contributed by atoms with Crippen molar-refractivity contribution in [3.05, 3.63) is 32.7 Å². The van der Waals surface area contributed by atoms with Crippen LogP contribution >= 0.6 is 11.6 Å². The molecule has 1 aromatic heterocycles. The molecule has 0 atom stereocenters. The molecule has 1 heterocycles. The third-order valence-electron chi connectivity index (χ3n) is 1.92. The van der Waals surface area contributed by atoms with Crippen LogP contribution in [0.25, 0.3) is 0 Å². The van der Waals surface area contributed by atoms with E-state index in [1.165, 1.54) is 0 Å². The number of aromatic nitrogens is 1. The molecule has 0 aromatic carbocycles. The van der Waals surface area contributed by atoms with Crippen LogP contribution in [0, 0.1) is 0 Å². The summed E-state index contributed by atoms with van der Waals surface area (Å²) in [5.74, 6) is -0.769. The summed E-state index contributed by atoms with van der Waals surface area (Å²) >= 11 is 5.43. The van der Waals surface area contributed by atoms with Crippen LogP contribution in [-0.2, 0) is 16.0 Å². The standard InChI is InChI=1S/C9H8ClF2NO3/c1-16-7(14)3-5-4(8(11)12)2-6(10)13-9(5)15/h2,8H,3H2,1H3,(H,13,15). The zero-order valence-electron chi connectivity index (χ0n) is 8.22. The third-order valence-corrected chi connectivity index (χ3v) is 2.13. The van der Waals surface area contributed by atoms with E-state index in [0.717, 1.165) is 13.2 Å². The molecule has 0 unspecified atom stereocenters. The lowest BCUT2D eigenvalue weighted by atomic mass is 10.1. The highest BCUT2D eigenvalue weighted by molar-refractivity contribution is 6.29. The van der Waals surface area contributed by atoms with Gasteiger partial charge in [-0.1, -0.05) is 11.6 Å². The minimum Gasteiger partial charge on any atom is -0.469 e. The molecule has 0 amide bonds. The van der Waals surface area contributed by atoms with Crippen LogP contribution in [0.5, 0.6) is 0 Å². The average molecular weight is 252 g/mol. The SMILES string of the molecule is COC(=O)Cc1c(C(F)F)cc(Cl)[nH]c1=O. The molecule has 16 heavy (non-hydrogen) atoms. The minimum atomic E-state index is -2.88. The van der Waals surface area contributed by atoms with Gasteiger partial charge in [-0.25, -0.2) is 8.78 Å². The highest BCUT2D eigenvalue weighted by Gasteiger charge is 2.19. The Kier molecular flexibility index (Phi) is 4.00. The van der Waals surface area contributed by atoms with E-state index in [9.17, 15) is 18.4 Å². The lowest BCUT2D eigenvalue weighted by molar-refractivity contribution is -0.139. The molecule has 88 valence electrons. The van der Waals surface area contributed by atoms with Gasteiger partial charge in [0.1, 0.15) is 5.15 Å². The first-order valence-corrected chi connectivity index (χ1v) is 4.60. The second kappa shape index (κ2) is 5.07. The number of H-pyrrole nitrogens is 1. The lowest BCUT2D eigenvalue weighted by Gasteiger charge is -2.07. The molecule has 0 aliphatic heterocycles. The number of methoxy groups -OCH3 is 1. The van der Waals surface area contributed by atoms with Gasteiger partial charge in [-0.05, 0) is 6.07 Å². The maximum absolute atomic E-state index is 12.6. The zero-order valence-corrected chi connectivity index (χ0v) is 8.98. The summed E-state index contributed by atoms with van der Waals surface area (Å²) in [5.41, 5.74) is -1.70. The number of nitrogens with one attached hydrogen (secondary N) is 1. The lowest BCUT2D eigenvalue weighted by Crippen LogP contribution is -2.20. The summed E-state index contributed by atoms with van der Waals surface area (Å²) in [6.45, 7) is 0. The number of hydrogen-bond acceptors (Lipinski definition) is 3. The maximum atomic E-state index is 12.6. The summed E-state index contributed by atoms with van der Waals surface area (Å²) in [4.78, 5) is 24.4. The Labute approximate surface area is 94.2 Å². The summed E-state index contributed by atoms with van der Waals surface area (Å²) in [7, 11) is 1.11. The van der Waals surface area contributed by atoms with E-state index in [2.05, 4.69) is 9.72 Å². The molecule has 0 fully saturated rings. The first-order chi connectivity index (χ1) is 7.45. The minimum absolute atomic E-state index is 0.200. The van der Waals surface area contributed by atoms with E-state index < -0.39 is 29.9 Å². The molecule has 4 nitrogen and oxygen atoms in total. The Morgan fingerprint density at radius 3 is 2.75 bits per heavy atom. The van der Waals surface area contributed by atoms with Crippen molar-refractivity contribution in [2.24, 2.45) is 0 Å². The van der Waals surface area contributed by atoms with Crippen LogP contribution in [0.1, 0.15) is 17.6 Å². The maximum Gasteiger partial charge on any atom is 0.310 e. The third kappa shape index (κ3) is 2.79. The molecular weight excluding hydrogens is 244 g/mol. The van der Waals surface area contributed by atoms with Crippen molar-refractivity contribution >= 4 is 17.6 Å². The highest BCUT2D eigenvalue weighted by Crippen LogP contribution is 2.23. The van der Waals surface area contributed by atoms with Crippen molar-refractivity contribution in [1.29, 1.82) is 0 Å². The summed E-state index contributed by atoms with van der Waals surface area (Å²) in [6, 6.07) is 0.923. The van der Waals surface area contributed by atoms with Gasteiger partial charge in [-0.3, -0.25) is 9.59 Å². The van der Waals surface area contributed by atoms with Gasteiger partial charge in [-0.15, -0.1) is 0 Å². The molecule has 7 heteroatoms. The Bertz CT molecular complexity index is 459. The fourth-order valence-corrected chi connectivity index (χ4v) is 1.37. The van der Waals surface area contributed by atoms with Crippen LogP contribution in [0.3, 0.4) is 0 Å². The van der Waals surface area contributed by atoms with Crippen LogP contribution < -0.4 is 5.56 Å². The molecule has 0 radical (unpaired) electrons. The second-order valence-electron chi connectivity index (χ2n) is 2.93. The molecule has 0 aliphatic rings. The normalized spacial score (nSPS) is 10.6. The topological polar surface area (TPSA) is 59.2 Å². The monoisotopic (exact) mass is 251 g/mol. The number of carbonyl (C=O) groups excluding carboxylic acids is 1. The number of halogens is 3. The predicted molar refractivity (Wildman–Crippen MR) is 52.7 cm³/mol. The number of ether oxygens (including phenoxy) is 1. The Morgan fingerprint density at radius 1 is 1.62 bits per heavy atom. The predicted octanol–water partition coefficient (Wildman–Crippen LogP) is 1.68. The highest BCUT2D eigenvalue weighted by atomic mass is 35.5. The number of esters is 1. The van der Waals surface area contributed by atoms with E-state index in [1.807, 2.05) is 0 Å². The molecule has 1 N–H and O–H groups in total. The zero-order chi connectivity index (χ0) is 12.3. The van der Waals surface area contributed by atoms with E-state index in [0.29, 0.717) is 0 Å². The van der Waals surface area contributed by atoms with Gasteiger partial charge in [0.05, 0.1) is 13.5 Å². The van der Waals surface area contributed by atoms with Crippen LogP contribution in [-0.4, -0.2) is 18.1 Å². The van der Waals surface area contributed by atoms with Crippen molar-refractivity contribution in [2.45, 2.75) is 12.8 Å².